The van der Waals surface area contributed by atoms with Crippen LogP contribution in [0.1, 0.15) is 0 Å². The number of hydrogen-bond acceptors (Lipinski definition) is 5. The Labute approximate surface area is 240 Å². The molecular formula is C24H15F13O5S2. The highest BCUT2D eigenvalue weighted by molar-refractivity contribution is 8.33. The van der Waals surface area contributed by atoms with Gasteiger partial charge in [0.05, 0.1) is 0 Å². The normalized spacial score (nSPS) is 14.8. The molecule has 0 heterocycles. The fourth-order valence-corrected chi connectivity index (χ4v) is 8.70. The summed E-state index contributed by atoms with van der Waals surface area (Å²) >= 11 is 0. The molecule has 0 atom stereocenters. The first-order chi connectivity index (χ1) is 19.8. The Morgan fingerprint density at radius 1 is 0.477 bits per heavy atom. The minimum Gasteiger partial charge on any atom is -0.508 e. The Balaban J connectivity index is 2.34. The maximum absolute atomic E-state index is 15.0. The summed E-state index contributed by atoms with van der Waals surface area (Å²) in [5.74, 6) is -34.1. The summed E-state index contributed by atoms with van der Waals surface area (Å²) in [6, 6.07) is 11.8. The molecule has 0 amide bonds. The molecule has 0 aliphatic rings. The average Bonchev–Trinajstić information content (AvgIpc) is 2.92. The van der Waals surface area contributed by atoms with E-state index < -0.39 is 81.7 Å². The van der Waals surface area contributed by atoms with Gasteiger partial charge < -0.3 is 10.2 Å². The van der Waals surface area contributed by atoms with Gasteiger partial charge in [-0.05, 0) is 71.0 Å². The zero-order chi connectivity index (χ0) is 33.8. The minimum absolute atomic E-state index is 0.500. The second-order valence-electron chi connectivity index (χ2n) is 8.69. The molecule has 20 heteroatoms. The van der Waals surface area contributed by atoms with Gasteiger partial charge in [0.2, 0.25) is 0 Å². The van der Waals surface area contributed by atoms with Crippen molar-refractivity contribution in [2.75, 3.05) is 0 Å². The largest absolute Gasteiger partial charge is 0.508 e. The third-order valence-corrected chi connectivity index (χ3v) is 11.0. The lowest BCUT2D eigenvalue weighted by Gasteiger charge is -2.42. The fraction of sp³-hybridized carbons (Fsp3) is 0.250. The van der Waals surface area contributed by atoms with Crippen LogP contribution in [0, 0.1) is 0 Å². The zero-order valence-corrected chi connectivity index (χ0v) is 22.5. The van der Waals surface area contributed by atoms with Crippen molar-refractivity contribution in [3.63, 3.8) is 0 Å². The van der Waals surface area contributed by atoms with Gasteiger partial charge in [0.25, 0.3) is 0 Å². The van der Waals surface area contributed by atoms with Gasteiger partial charge in [-0.25, -0.2) is 3.63 Å². The SMILES string of the molecule is O=S(=O)(OS(c1ccccc1)(c1ccc(O)cc1)c1ccc(O)cc1)C(F)(F)C(F)(F)C(F)(F)C(F)(F)C(F)(F)C(F)(F)F. The van der Waals surface area contributed by atoms with Crippen LogP contribution in [0.2, 0.25) is 0 Å². The number of alkyl halides is 13. The second kappa shape index (κ2) is 10.9. The van der Waals surface area contributed by atoms with Gasteiger partial charge in [0.15, 0.2) is 0 Å². The van der Waals surface area contributed by atoms with Crippen molar-refractivity contribution < 1.29 is 79.3 Å². The van der Waals surface area contributed by atoms with Gasteiger partial charge in [-0.1, -0.05) is 18.2 Å². The van der Waals surface area contributed by atoms with E-state index in [9.17, 15) is 66.9 Å². The molecule has 3 aromatic carbocycles. The van der Waals surface area contributed by atoms with Gasteiger partial charge in [-0.15, -0.1) is 0 Å². The first-order valence-electron chi connectivity index (χ1n) is 11.2. The van der Waals surface area contributed by atoms with Crippen LogP contribution >= 0.6 is 10.3 Å². The molecule has 0 radical (unpaired) electrons. The number of rotatable bonds is 10. The monoisotopic (exact) mass is 694 g/mol. The number of phenols is 2. The third kappa shape index (κ3) is 5.19. The highest BCUT2D eigenvalue weighted by atomic mass is 32.3. The first-order valence-corrected chi connectivity index (χ1v) is 14.2. The van der Waals surface area contributed by atoms with Crippen LogP contribution in [0.5, 0.6) is 11.5 Å². The Hall–Kier alpha value is -3.39. The molecule has 0 aliphatic carbocycles. The fourth-order valence-electron chi connectivity index (χ4n) is 3.50. The molecule has 2 N–H and O–H groups in total. The summed E-state index contributed by atoms with van der Waals surface area (Å²) < 4.78 is 209. The van der Waals surface area contributed by atoms with Crippen molar-refractivity contribution >= 4 is 20.4 Å². The number of halogens is 13. The molecule has 0 fully saturated rings. The van der Waals surface area contributed by atoms with Crippen LogP contribution in [0.25, 0.3) is 0 Å². The topological polar surface area (TPSA) is 83.8 Å². The summed E-state index contributed by atoms with van der Waals surface area (Å²) in [5.41, 5.74) is 0. The van der Waals surface area contributed by atoms with Crippen LogP contribution in [0.3, 0.4) is 0 Å². The molecule has 5 nitrogen and oxygen atoms in total. The summed E-state index contributed by atoms with van der Waals surface area (Å²) in [6.07, 6.45) is -7.69. The van der Waals surface area contributed by atoms with Crippen LogP contribution in [0.15, 0.2) is 93.5 Å². The van der Waals surface area contributed by atoms with E-state index in [1.54, 1.807) is 0 Å². The van der Waals surface area contributed by atoms with Crippen molar-refractivity contribution in [1.29, 1.82) is 0 Å². The Kier molecular flexibility index (Phi) is 8.69. The first kappa shape index (κ1) is 35.1. The second-order valence-corrected chi connectivity index (χ2v) is 13.2. The molecule has 0 saturated carbocycles. The van der Waals surface area contributed by atoms with Crippen molar-refractivity contribution in [1.82, 2.24) is 0 Å². The predicted octanol–water partition coefficient (Wildman–Crippen LogP) is 8.34. The Morgan fingerprint density at radius 3 is 1.18 bits per heavy atom. The molecule has 44 heavy (non-hydrogen) atoms. The smallest absolute Gasteiger partial charge is 0.460 e. The van der Waals surface area contributed by atoms with E-state index in [1.807, 2.05) is 0 Å². The van der Waals surface area contributed by atoms with Crippen molar-refractivity contribution in [3.8, 4) is 11.5 Å². The van der Waals surface area contributed by atoms with Crippen LogP contribution < -0.4 is 0 Å². The van der Waals surface area contributed by atoms with E-state index in [2.05, 4.69) is 3.63 Å². The number of aromatic hydroxyl groups is 2. The van der Waals surface area contributed by atoms with Crippen LogP contribution in [0.4, 0.5) is 57.1 Å². The lowest BCUT2D eigenvalue weighted by atomic mass is 9.98. The van der Waals surface area contributed by atoms with E-state index in [-0.39, 0.29) is 0 Å². The van der Waals surface area contributed by atoms with Gasteiger partial charge in [0.1, 0.15) is 11.5 Å². The maximum atomic E-state index is 15.0. The molecule has 0 unspecified atom stereocenters. The lowest BCUT2D eigenvalue weighted by molar-refractivity contribution is -0.433. The molecule has 0 aromatic heterocycles. The highest BCUT2D eigenvalue weighted by Crippen LogP contribution is 2.72. The van der Waals surface area contributed by atoms with E-state index in [0.717, 1.165) is 72.8 Å². The lowest BCUT2D eigenvalue weighted by Crippen LogP contribution is -2.71. The summed E-state index contributed by atoms with van der Waals surface area (Å²) in [4.78, 5) is -1.65. The molecule has 0 saturated heterocycles. The summed E-state index contributed by atoms with van der Waals surface area (Å²) in [7, 11) is -12.3. The van der Waals surface area contributed by atoms with Gasteiger partial charge in [-0.2, -0.15) is 65.5 Å². The van der Waals surface area contributed by atoms with Gasteiger partial charge in [-0.3, -0.25) is 0 Å². The van der Waals surface area contributed by atoms with Crippen molar-refractivity contribution in [2.24, 2.45) is 0 Å². The van der Waals surface area contributed by atoms with E-state index in [0.29, 0.717) is 0 Å². The van der Waals surface area contributed by atoms with Crippen LogP contribution in [-0.2, 0) is 13.7 Å². The maximum Gasteiger partial charge on any atom is 0.460 e. The molecule has 0 spiro atoms. The molecule has 0 bridgehead atoms. The van der Waals surface area contributed by atoms with Gasteiger partial charge >= 0.3 is 45.2 Å². The molecule has 3 rings (SSSR count). The Morgan fingerprint density at radius 2 is 0.818 bits per heavy atom. The molecule has 244 valence electrons. The van der Waals surface area contributed by atoms with Gasteiger partial charge in [0, 0.05) is 14.7 Å². The summed E-state index contributed by atoms with van der Waals surface area (Å²) in [6.45, 7) is 0. The quantitative estimate of drug-likeness (QED) is 0.209. The average molecular weight is 694 g/mol. The van der Waals surface area contributed by atoms with Crippen LogP contribution in [-0.4, -0.2) is 53.8 Å². The zero-order valence-electron chi connectivity index (χ0n) is 20.9. The van der Waals surface area contributed by atoms with Crippen molar-refractivity contribution in [2.45, 2.75) is 49.8 Å². The number of phenolic OH excluding ortho intramolecular Hbond substituents is 2. The third-order valence-electron chi connectivity index (χ3n) is 5.82. The standard InChI is InChI=1S/C24H15F13O5S2/c25-19(26,21(29,30)23(33,34)35)20(27,28)22(31,32)24(36,37)44(40,41)42-43(16-4-2-1-3-5-16,17-10-6-14(38)7-11-17)18-12-8-15(39)9-13-18/h1-13,38-39H. The minimum atomic E-state index is -8.39. The molecule has 3 aromatic rings. The van der Waals surface area contributed by atoms with Crippen molar-refractivity contribution in [3.05, 3.63) is 78.9 Å². The predicted molar refractivity (Wildman–Crippen MR) is 126 cm³/mol. The Bertz CT molecular complexity index is 1530. The number of benzene rings is 3. The molecule has 0 aliphatic heterocycles. The number of hydrogen-bond donors (Lipinski definition) is 2. The van der Waals surface area contributed by atoms with E-state index in [1.165, 1.54) is 6.07 Å². The van der Waals surface area contributed by atoms with E-state index in [4.69, 9.17) is 0 Å². The van der Waals surface area contributed by atoms with E-state index >= 15 is 8.78 Å². The molecular weight excluding hydrogens is 679 g/mol. The highest BCUT2D eigenvalue weighted by Gasteiger charge is 2.93. The summed E-state index contributed by atoms with van der Waals surface area (Å²) in [5, 5.41) is 11.7.